The number of para-hydroxylation sites is 3. The van der Waals surface area contributed by atoms with Crippen molar-refractivity contribution in [1.82, 2.24) is 14.0 Å². The van der Waals surface area contributed by atoms with E-state index in [0.29, 0.717) is 0 Å². The Morgan fingerprint density at radius 1 is 0.739 bits per heavy atom. The van der Waals surface area contributed by atoms with Gasteiger partial charge in [0.25, 0.3) is 0 Å². The van der Waals surface area contributed by atoms with Gasteiger partial charge in [-0.3, -0.25) is 8.97 Å². The number of rotatable bonds is 1. The molecule has 0 fully saturated rings. The van der Waals surface area contributed by atoms with Gasteiger partial charge in [0.15, 0.2) is 0 Å². The number of benzene rings is 3. The Hall–Kier alpha value is -2.34. The number of imidazole rings is 2. The minimum absolute atomic E-state index is 0.953. The van der Waals surface area contributed by atoms with Crippen molar-refractivity contribution in [2.24, 2.45) is 0 Å². The highest BCUT2D eigenvalue weighted by atomic mass is 127. The van der Waals surface area contributed by atoms with Gasteiger partial charge in [-0.05, 0) is 65.1 Å². The zero-order chi connectivity index (χ0) is 15.4. The summed E-state index contributed by atoms with van der Waals surface area (Å²) in [6.45, 7) is 0. The second-order valence-corrected chi connectivity index (χ2v) is 6.79. The number of hydrogen-bond acceptors (Lipinski definition) is 1. The highest BCUT2D eigenvalue weighted by molar-refractivity contribution is 14.1. The molecule has 0 spiro atoms. The van der Waals surface area contributed by atoms with Crippen LogP contribution in [0.1, 0.15) is 0 Å². The molecule has 0 aliphatic rings. The summed E-state index contributed by atoms with van der Waals surface area (Å²) in [5.74, 6) is 0.953. The van der Waals surface area contributed by atoms with Crippen molar-refractivity contribution < 1.29 is 0 Å². The lowest BCUT2D eigenvalue weighted by Crippen LogP contribution is -1.94. The Morgan fingerprint density at radius 3 is 2.39 bits per heavy atom. The zero-order valence-corrected chi connectivity index (χ0v) is 14.3. The van der Waals surface area contributed by atoms with Gasteiger partial charge < -0.3 is 0 Å². The molecule has 0 aliphatic carbocycles. The molecule has 5 aromatic rings. The quantitative estimate of drug-likeness (QED) is 0.356. The predicted molar refractivity (Wildman–Crippen MR) is 102 cm³/mol. The molecule has 0 saturated heterocycles. The number of fused-ring (bicyclic) bond motifs is 5. The highest BCUT2D eigenvalue weighted by Crippen LogP contribution is 2.29. The third-order valence-corrected chi connectivity index (χ3v) is 4.85. The fourth-order valence-electron chi connectivity index (χ4n) is 3.20. The Balaban J connectivity index is 2.06. The van der Waals surface area contributed by atoms with Gasteiger partial charge in [-0.1, -0.05) is 30.3 Å². The van der Waals surface area contributed by atoms with E-state index >= 15 is 0 Å². The van der Waals surface area contributed by atoms with E-state index in [-0.39, 0.29) is 0 Å². The molecule has 0 saturated carbocycles. The van der Waals surface area contributed by atoms with Crippen molar-refractivity contribution in [2.75, 3.05) is 0 Å². The van der Waals surface area contributed by atoms with E-state index in [9.17, 15) is 0 Å². The summed E-state index contributed by atoms with van der Waals surface area (Å²) in [5, 5.41) is 0. The van der Waals surface area contributed by atoms with E-state index in [0.717, 1.165) is 22.5 Å². The van der Waals surface area contributed by atoms with Gasteiger partial charge >= 0.3 is 0 Å². The SMILES string of the molecule is Ic1ccc2c(c1)n1c3ccccc3nc1n2-c1ccccc1. The van der Waals surface area contributed by atoms with Crippen molar-refractivity contribution in [3.8, 4) is 5.69 Å². The molecule has 3 nitrogen and oxygen atoms in total. The molecule has 0 N–H and O–H groups in total. The highest BCUT2D eigenvalue weighted by Gasteiger charge is 2.16. The summed E-state index contributed by atoms with van der Waals surface area (Å²) in [6.07, 6.45) is 0. The van der Waals surface area contributed by atoms with E-state index < -0.39 is 0 Å². The lowest BCUT2D eigenvalue weighted by atomic mass is 10.2. The van der Waals surface area contributed by atoms with Crippen molar-refractivity contribution in [1.29, 1.82) is 0 Å². The number of aromatic nitrogens is 3. The van der Waals surface area contributed by atoms with Crippen LogP contribution in [0.4, 0.5) is 0 Å². The zero-order valence-electron chi connectivity index (χ0n) is 12.1. The molecule has 2 aromatic heterocycles. The van der Waals surface area contributed by atoms with E-state index in [4.69, 9.17) is 4.98 Å². The van der Waals surface area contributed by atoms with Crippen LogP contribution in [0.15, 0.2) is 72.8 Å². The monoisotopic (exact) mass is 409 g/mol. The molecule has 2 heterocycles. The molecule has 0 unspecified atom stereocenters. The summed E-state index contributed by atoms with van der Waals surface area (Å²) in [7, 11) is 0. The Morgan fingerprint density at radius 2 is 1.52 bits per heavy atom. The Bertz CT molecular complexity index is 1170. The fourth-order valence-corrected chi connectivity index (χ4v) is 3.68. The van der Waals surface area contributed by atoms with Gasteiger partial charge in [-0.25, -0.2) is 4.98 Å². The molecular formula is C19H12IN3. The molecular weight excluding hydrogens is 397 g/mol. The molecule has 4 heteroatoms. The summed E-state index contributed by atoms with van der Waals surface area (Å²) in [5.41, 5.74) is 5.65. The van der Waals surface area contributed by atoms with Gasteiger partial charge in [-0.2, -0.15) is 0 Å². The average Bonchev–Trinajstić information content (AvgIpc) is 3.10. The maximum absolute atomic E-state index is 4.88. The van der Waals surface area contributed by atoms with Crippen LogP contribution in [0.3, 0.4) is 0 Å². The van der Waals surface area contributed by atoms with E-state index in [1.54, 1.807) is 0 Å². The first-order valence-electron chi connectivity index (χ1n) is 7.45. The Kier molecular flexibility index (Phi) is 2.76. The third kappa shape index (κ3) is 1.84. The maximum atomic E-state index is 4.88. The lowest BCUT2D eigenvalue weighted by molar-refractivity contribution is 1.11. The lowest BCUT2D eigenvalue weighted by Gasteiger charge is -2.04. The van der Waals surface area contributed by atoms with Crippen LogP contribution in [0.2, 0.25) is 0 Å². The standard InChI is InChI=1S/C19H12IN3/c20-13-10-11-17-18(12-13)23-16-9-5-4-8-15(16)21-19(23)22(17)14-6-2-1-3-7-14/h1-12H. The first kappa shape index (κ1) is 13.1. The van der Waals surface area contributed by atoms with Crippen molar-refractivity contribution in [3.05, 3.63) is 76.4 Å². The van der Waals surface area contributed by atoms with Gasteiger partial charge in [0, 0.05) is 9.26 Å². The van der Waals surface area contributed by atoms with Crippen LogP contribution in [-0.2, 0) is 0 Å². The molecule has 0 bridgehead atoms. The molecule has 5 rings (SSSR count). The fraction of sp³-hybridized carbons (Fsp3) is 0. The molecule has 0 amide bonds. The topological polar surface area (TPSA) is 22.2 Å². The van der Waals surface area contributed by atoms with Crippen LogP contribution >= 0.6 is 22.6 Å². The van der Waals surface area contributed by atoms with Crippen LogP contribution in [0.25, 0.3) is 33.5 Å². The van der Waals surface area contributed by atoms with Crippen LogP contribution < -0.4 is 0 Å². The van der Waals surface area contributed by atoms with Crippen LogP contribution in [0, 0.1) is 3.57 Å². The predicted octanol–water partition coefficient (Wildman–Crippen LogP) is 5.04. The summed E-state index contributed by atoms with van der Waals surface area (Å²) in [6, 6.07) is 25.2. The second kappa shape index (κ2) is 4.83. The minimum atomic E-state index is 0.953. The van der Waals surface area contributed by atoms with Crippen molar-refractivity contribution >= 4 is 50.4 Å². The first-order valence-corrected chi connectivity index (χ1v) is 8.53. The molecule has 23 heavy (non-hydrogen) atoms. The van der Waals surface area contributed by atoms with E-state index in [1.165, 1.54) is 14.6 Å². The smallest absolute Gasteiger partial charge is 0.220 e. The van der Waals surface area contributed by atoms with Crippen molar-refractivity contribution in [2.45, 2.75) is 0 Å². The third-order valence-electron chi connectivity index (χ3n) is 4.18. The molecule has 0 atom stereocenters. The summed E-state index contributed by atoms with van der Waals surface area (Å²) < 4.78 is 5.70. The minimum Gasteiger partial charge on any atom is -0.278 e. The van der Waals surface area contributed by atoms with E-state index in [1.807, 2.05) is 12.1 Å². The summed E-state index contributed by atoms with van der Waals surface area (Å²) >= 11 is 2.36. The molecule has 110 valence electrons. The molecule has 0 aliphatic heterocycles. The molecule has 3 aromatic carbocycles. The van der Waals surface area contributed by atoms with Gasteiger partial charge in [0.2, 0.25) is 5.78 Å². The van der Waals surface area contributed by atoms with Crippen LogP contribution in [-0.4, -0.2) is 14.0 Å². The first-order chi connectivity index (χ1) is 11.3. The average molecular weight is 409 g/mol. The van der Waals surface area contributed by atoms with Gasteiger partial charge in [0.05, 0.1) is 22.1 Å². The maximum Gasteiger partial charge on any atom is 0.220 e. The number of hydrogen-bond donors (Lipinski definition) is 0. The van der Waals surface area contributed by atoms with E-state index in [2.05, 4.69) is 92.2 Å². The van der Waals surface area contributed by atoms with Gasteiger partial charge in [-0.15, -0.1) is 0 Å². The second-order valence-electron chi connectivity index (χ2n) is 5.54. The largest absolute Gasteiger partial charge is 0.278 e. The summed E-state index contributed by atoms with van der Waals surface area (Å²) in [4.78, 5) is 4.88. The van der Waals surface area contributed by atoms with Crippen molar-refractivity contribution in [3.63, 3.8) is 0 Å². The number of nitrogens with zero attached hydrogens (tertiary/aromatic N) is 3. The molecule has 0 radical (unpaired) electrons. The number of halogens is 1. The van der Waals surface area contributed by atoms with Crippen LogP contribution in [0.5, 0.6) is 0 Å². The Labute approximate surface area is 146 Å². The van der Waals surface area contributed by atoms with Gasteiger partial charge in [0.1, 0.15) is 0 Å². The normalized spacial score (nSPS) is 11.7.